The summed E-state index contributed by atoms with van der Waals surface area (Å²) < 4.78 is 25.8. The topological polar surface area (TPSA) is 116 Å². The van der Waals surface area contributed by atoms with Crippen LogP contribution in [0.4, 0.5) is 0 Å². The first-order valence-electron chi connectivity index (χ1n) is 8.63. The zero-order valence-corrected chi connectivity index (χ0v) is 16.1. The van der Waals surface area contributed by atoms with Gasteiger partial charge in [0.1, 0.15) is 12.5 Å². The van der Waals surface area contributed by atoms with Gasteiger partial charge in [0.05, 0.1) is 16.2 Å². The summed E-state index contributed by atoms with van der Waals surface area (Å²) in [4.78, 5) is 25.2. The second-order valence-corrected chi connectivity index (χ2v) is 8.43. The molecule has 2 rings (SSSR count). The first-order chi connectivity index (χ1) is 13.4. The molecule has 8 heteroatoms. The summed E-state index contributed by atoms with van der Waals surface area (Å²) in [5.74, 6) is -3.02. The van der Waals surface area contributed by atoms with E-state index in [0.29, 0.717) is 0 Å². The maximum absolute atomic E-state index is 12.9. The van der Waals surface area contributed by atoms with Crippen LogP contribution < -0.4 is 10.6 Å². The number of carbonyl (C=O) groups excluding carboxylic acids is 2. The maximum Gasteiger partial charge on any atom is 0.234 e. The Labute approximate surface area is 164 Å². The summed E-state index contributed by atoms with van der Waals surface area (Å²) in [5, 5.41) is 12.3. The summed E-state index contributed by atoms with van der Waals surface area (Å²) in [6.45, 7) is 1.15. The van der Waals surface area contributed by atoms with Crippen molar-refractivity contribution in [1.82, 2.24) is 10.6 Å². The average molecular weight is 399 g/mol. The fourth-order valence-electron chi connectivity index (χ4n) is 2.68. The molecule has 0 fully saturated rings. The Bertz CT molecular complexity index is 954. The number of hydrogen-bond acceptors (Lipinski definition) is 5. The van der Waals surface area contributed by atoms with Gasteiger partial charge in [0, 0.05) is 6.54 Å². The molecular formula is C20H21N3O4S. The second-order valence-electron chi connectivity index (χ2n) is 6.12. The first kappa shape index (κ1) is 21.1. The molecule has 2 N–H and O–H groups in total. The van der Waals surface area contributed by atoms with Gasteiger partial charge in [-0.25, -0.2) is 8.42 Å². The molecule has 146 valence electrons. The van der Waals surface area contributed by atoms with Crippen LogP contribution in [-0.2, 0) is 26.0 Å². The molecule has 2 aromatic rings. The molecule has 0 saturated carbocycles. The number of nitriles is 1. The van der Waals surface area contributed by atoms with Crippen LogP contribution >= 0.6 is 0 Å². The van der Waals surface area contributed by atoms with Gasteiger partial charge >= 0.3 is 0 Å². The molecule has 0 radical (unpaired) electrons. The van der Waals surface area contributed by atoms with Crippen LogP contribution in [-0.4, -0.2) is 32.0 Å². The predicted octanol–water partition coefficient (Wildman–Crippen LogP) is 1.42. The minimum atomic E-state index is -3.94. The van der Waals surface area contributed by atoms with E-state index in [1.165, 1.54) is 19.1 Å². The molecule has 0 spiro atoms. The number of carbonyl (C=O) groups is 2. The fraction of sp³-hybridized carbons (Fsp3) is 0.250. The lowest BCUT2D eigenvalue weighted by Gasteiger charge is -2.22. The van der Waals surface area contributed by atoms with Crippen molar-refractivity contribution in [2.75, 3.05) is 6.54 Å². The van der Waals surface area contributed by atoms with E-state index in [4.69, 9.17) is 5.26 Å². The highest BCUT2D eigenvalue weighted by atomic mass is 32.2. The van der Waals surface area contributed by atoms with Crippen LogP contribution in [0.5, 0.6) is 0 Å². The predicted molar refractivity (Wildman–Crippen MR) is 103 cm³/mol. The van der Waals surface area contributed by atoms with Crippen molar-refractivity contribution >= 4 is 21.7 Å². The van der Waals surface area contributed by atoms with Crippen molar-refractivity contribution in [3.63, 3.8) is 0 Å². The van der Waals surface area contributed by atoms with Crippen molar-refractivity contribution in [1.29, 1.82) is 5.26 Å². The lowest BCUT2D eigenvalue weighted by Crippen LogP contribution is -2.48. The highest BCUT2D eigenvalue weighted by molar-refractivity contribution is 7.92. The molecule has 2 aromatic carbocycles. The summed E-state index contributed by atoms with van der Waals surface area (Å²) in [6.07, 6.45) is 0. The molecule has 7 nitrogen and oxygen atoms in total. The number of sulfone groups is 1. The van der Waals surface area contributed by atoms with Gasteiger partial charge < -0.3 is 10.6 Å². The van der Waals surface area contributed by atoms with E-state index in [-0.39, 0.29) is 18.0 Å². The van der Waals surface area contributed by atoms with Gasteiger partial charge in [0.25, 0.3) is 0 Å². The molecule has 0 heterocycles. The van der Waals surface area contributed by atoms with Gasteiger partial charge in [-0.1, -0.05) is 48.5 Å². The van der Waals surface area contributed by atoms with E-state index in [9.17, 15) is 18.0 Å². The van der Waals surface area contributed by atoms with Gasteiger partial charge in [-0.3, -0.25) is 9.59 Å². The van der Waals surface area contributed by atoms with Crippen LogP contribution in [0.1, 0.15) is 12.5 Å². The Morgan fingerprint density at radius 3 is 2.07 bits per heavy atom. The van der Waals surface area contributed by atoms with E-state index in [2.05, 4.69) is 10.6 Å². The molecular weight excluding hydrogens is 378 g/mol. The zero-order chi connectivity index (χ0) is 20.6. The summed E-state index contributed by atoms with van der Waals surface area (Å²) in [7, 11) is -3.94. The summed E-state index contributed by atoms with van der Waals surface area (Å²) in [6, 6.07) is 18.4. The van der Waals surface area contributed by atoms with Crippen LogP contribution in [0.15, 0.2) is 65.6 Å². The number of rotatable bonds is 8. The van der Waals surface area contributed by atoms with E-state index in [1.54, 1.807) is 48.5 Å². The van der Waals surface area contributed by atoms with Gasteiger partial charge in [0.2, 0.25) is 11.8 Å². The Morgan fingerprint density at radius 2 is 1.50 bits per heavy atom. The highest BCUT2D eigenvalue weighted by Gasteiger charge is 2.40. The molecule has 0 bridgehead atoms. The molecule has 2 amide bonds. The second kappa shape index (κ2) is 9.67. The molecule has 2 unspecified atom stereocenters. The fourth-order valence-corrected chi connectivity index (χ4v) is 4.25. The lowest BCUT2D eigenvalue weighted by molar-refractivity contribution is -0.135. The molecule has 0 aliphatic heterocycles. The number of nitrogens with zero attached hydrogens (tertiary/aromatic N) is 1. The smallest absolute Gasteiger partial charge is 0.234 e. The average Bonchev–Trinajstić information content (AvgIpc) is 2.72. The van der Waals surface area contributed by atoms with E-state index in [0.717, 1.165) is 5.56 Å². The van der Waals surface area contributed by atoms with E-state index < -0.39 is 32.8 Å². The minimum absolute atomic E-state index is 0.0245. The van der Waals surface area contributed by atoms with Crippen molar-refractivity contribution in [2.24, 2.45) is 5.92 Å². The molecule has 0 saturated heterocycles. The minimum Gasteiger partial charge on any atom is -0.351 e. The largest absolute Gasteiger partial charge is 0.351 e. The van der Waals surface area contributed by atoms with Crippen LogP contribution in [0, 0.1) is 17.2 Å². The monoisotopic (exact) mass is 399 g/mol. The van der Waals surface area contributed by atoms with Gasteiger partial charge in [-0.15, -0.1) is 0 Å². The van der Waals surface area contributed by atoms with E-state index in [1.807, 2.05) is 6.07 Å². The van der Waals surface area contributed by atoms with Crippen molar-refractivity contribution < 1.29 is 18.0 Å². The Hall–Kier alpha value is -3.18. The number of benzene rings is 2. The SMILES string of the molecule is CC(C(C(=O)NCC#N)C(=O)NCc1ccccc1)S(=O)(=O)c1ccccc1. The normalized spacial score (nSPS) is 13.0. The summed E-state index contributed by atoms with van der Waals surface area (Å²) >= 11 is 0. The number of nitrogens with one attached hydrogen (secondary N) is 2. The van der Waals surface area contributed by atoms with Gasteiger partial charge in [0.15, 0.2) is 9.84 Å². The molecule has 28 heavy (non-hydrogen) atoms. The van der Waals surface area contributed by atoms with Crippen LogP contribution in [0.3, 0.4) is 0 Å². The zero-order valence-electron chi connectivity index (χ0n) is 15.3. The Balaban J connectivity index is 2.26. The third-order valence-electron chi connectivity index (χ3n) is 4.25. The molecule has 0 aliphatic rings. The lowest BCUT2D eigenvalue weighted by atomic mass is 10.0. The number of amides is 2. The number of hydrogen-bond donors (Lipinski definition) is 2. The molecule has 0 aliphatic carbocycles. The third kappa shape index (κ3) is 5.18. The van der Waals surface area contributed by atoms with Crippen LogP contribution in [0.25, 0.3) is 0 Å². The Morgan fingerprint density at radius 1 is 0.964 bits per heavy atom. The maximum atomic E-state index is 12.9. The summed E-state index contributed by atoms with van der Waals surface area (Å²) in [5.41, 5.74) is 0.811. The quantitative estimate of drug-likeness (QED) is 0.514. The van der Waals surface area contributed by atoms with Crippen molar-refractivity contribution in [2.45, 2.75) is 23.6 Å². The van der Waals surface area contributed by atoms with Crippen LogP contribution in [0.2, 0.25) is 0 Å². The van der Waals surface area contributed by atoms with Crippen molar-refractivity contribution in [3.8, 4) is 6.07 Å². The van der Waals surface area contributed by atoms with Crippen molar-refractivity contribution in [3.05, 3.63) is 66.2 Å². The van der Waals surface area contributed by atoms with E-state index >= 15 is 0 Å². The third-order valence-corrected chi connectivity index (χ3v) is 6.43. The highest BCUT2D eigenvalue weighted by Crippen LogP contribution is 2.22. The van der Waals surface area contributed by atoms with Gasteiger partial charge in [-0.05, 0) is 24.6 Å². The Kier molecular flexibility index (Phi) is 7.29. The molecule has 2 atom stereocenters. The molecule has 0 aromatic heterocycles. The van der Waals surface area contributed by atoms with Gasteiger partial charge in [-0.2, -0.15) is 5.26 Å². The standard InChI is InChI=1S/C20H21N3O4S/c1-15(28(26,27)17-10-6-3-7-11-17)18(19(24)22-13-12-21)20(25)23-14-16-8-4-2-5-9-16/h2-11,15,18H,13-14H2,1H3,(H,22,24)(H,23,25). The first-order valence-corrected chi connectivity index (χ1v) is 10.2.